The molecule has 0 saturated carbocycles. The highest BCUT2D eigenvalue weighted by Crippen LogP contribution is 2.38. The maximum absolute atomic E-state index is 13.5. The van der Waals surface area contributed by atoms with E-state index in [2.05, 4.69) is 0 Å². The molecule has 32 heavy (non-hydrogen) atoms. The smallest absolute Gasteiger partial charge is 0.416 e. The molecule has 0 N–H and O–H groups in total. The summed E-state index contributed by atoms with van der Waals surface area (Å²) in [6.07, 6.45) is -3.53. The third-order valence-corrected chi connectivity index (χ3v) is 4.85. The van der Waals surface area contributed by atoms with Crippen molar-refractivity contribution in [2.45, 2.75) is 26.9 Å². The van der Waals surface area contributed by atoms with Crippen molar-refractivity contribution in [3.8, 4) is 5.75 Å². The number of allylic oxidation sites excluding steroid dienone is 1. The first-order valence-corrected chi connectivity index (χ1v) is 10.0. The minimum absolute atomic E-state index is 0.0548. The van der Waals surface area contributed by atoms with Crippen LogP contribution in [0, 0.1) is 0 Å². The Hall–Kier alpha value is -3.55. The molecule has 0 aliphatic carbocycles. The van der Waals surface area contributed by atoms with Crippen LogP contribution < -0.4 is 9.64 Å². The normalized spacial score (nSPS) is 15.5. The summed E-state index contributed by atoms with van der Waals surface area (Å²) in [6, 6.07) is 11.5. The van der Waals surface area contributed by atoms with Gasteiger partial charge in [0.25, 0.3) is 5.91 Å². The molecule has 0 atom stereocenters. The molecular formula is C24H22F3NO4. The standard InChI is InChI=1S/C24H22F3NO4/c1-4-31-18-12-10-17(11-13-18)28-15(3)21(23(30)32-5-2)19(22(28)29)14-16-8-6-7-9-20(16)24(25,26)27/h6-14H,4-5H2,1-3H3/b19-14-. The molecule has 1 amide bonds. The number of esters is 1. The summed E-state index contributed by atoms with van der Waals surface area (Å²) in [5.41, 5.74) is -0.625. The number of ether oxygens (including phenoxy) is 2. The van der Waals surface area contributed by atoms with Gasteiger partial charge in [-0.05, 0) is 62.7 Å². The lowest BCUT2D eigenvalue weighted by atomic mass is 10.00. The van der Waals surface area contributed by atoms with E-state index in [-0.39, 0.29) is 29.0 Å². The Morgan fingerprint density at radius 3 is 2.28 bits per heavy atom. The number of benzene rings is 2. The average molecular weight is 445 g/mol. The Balaban J connectivity index is 2.13. The maximum Gasteiger partial charge on any atom is 0.416 e. The maximum atomic E-state index is 13.5. The molecule has 0 unspecified atom stereocenters. The topological polar surface area (TPSA) is 55.8 Å². The molecule has 2 aromatic rings. The molecule has 1 aliphatic heterocycles. The van der Waals surface area contributed by atoms with Gasteiger partial charge in [-0.2, -0.15) is 13.2 Å². The largest absolute Gasteiger partial charge is 0.494 e. The van der Waals surface area contributed by atoms with Crippen LogP contribution in [0.25, 0.3) is 6.08 Å². The van der Waals surface area contributed by atoms with E-state index < -0.39 is 23.6 Å². The quantitative estimate of drug-likeness (QED) is 0.443. The predicted octanol–water partition coefficient (Wildman–Crippen LogP) is 5.37. The SMILES string of the molecule is CCOC(=O)C1=C(C)N(c2ccc(OCC)cc2)C(=O)/C1=C\c1ccccc1C(F)(F)F. The highest BCUT2D eigenvalue weighted by atomic mass is 19.4. The van der Waals surface area contributed by atoms with Gasteiger partial charge in [-0.3, -0.25) is 9.69 Å². The monoisotopic (exact) mass is 445 g/mol. The summed E-state index contributed by atoms with van der Waals surface area (Å²) in [5.74, 6) is -0.792. The Labute approximate surface area is 183 Å². The van der Waals surface area contributed by atoms with E-state index in [9.17, 15) is 22.8 Å². The molecule has 0 bridgehead atoms. The zero-order valence-corrected chi connectivity index (χ0v) is 17.8. The van der Waals surface area contributed by atoms with Gasteiger partial charge in [0.1, 0.15) is 5.75 Å². The molecule has 8 heteroatoms. The summed E-state index contributed by atoms with van der Waals surface area (Å²) in [7, 11) is 0. The average Bonchev–Trinajstić information content (AvgIpc) is 2.98. The van der Waals surface area contributed by atoms with Crippen molar-refractivity contribution in [1.29, 1.82) is 0 Å². The highest BCUT2D eigenvalue weighted by molar-refractivity contribution is 6.23. The van der Waals surface area contributed by atoms with Crippen LogP contribution in [0.4, 0.5) is 18.9 Å². The van der Waals surface area contributed by atoms with E-state index in [4.69, 9.17) is 9.47 Å². The molecule has 0 fully saturated rings. The van der Waals surface area contributed by atoms with Gasteiger partial charge in [0, 0.05) is 11.4 Å². The second-order valence-corrected chi connectivity index (χ2v) is 6.89. The van der Waals surface area contributed by atoms with Gasteiger partial charge in [0.15, 0.2) is 0 Å². The van der Waals surface area contributed by atoms with Crippen molar-refractivity contribution in [1.82, 2.24) is 0 Å². The minimum Gasteiger partial charge on any atom is -0.494 e. The lowest BCUT2D eigenvalue weighted by Crippen LogP contribution is -2.24. The fourth-order valence-electron chi connectivity index (χ4n) is 3.49. The van der Waals surface area contributed by atoms with Gasteiger partial charge in [0.2, 0.25) is 0 Å². The number of carbonyl (C=O) groups is 2. The fraction of sp³-hybridized carbons (Fsp3) is 0.250. The van der Waals surface area contributed by atoms with Gasteiger partial charge in [-0.1, -0.05) is 18.2 Å². The van der Waals surface area contributed by atoms with Gasteiger partial charge in [0.05, 0.1) is 29.9 Å². The summed E-state index contributed by atoms with van der Waals surface area (Å²) >= 11 is 0. The van der Waals surface area contributed by atoms with Crippen LogP contribution >= 0.6 is 0 Å². The van der Waals surface area contributed by atoms with Crippen LogP contribution in [0.2, 0.25) is 0 Å². The number of halogens is 3. The molecule has 0 saturated heterocycles. The zero-order valence-electron chi connectivity index (χ0n) is 17.8. The number of hydrogen-bond donors (Lipinski definition) is 0. The Bertz CT molecular complexity index is 1090. The third-order valence-electron chi connectivity index (χ3n) is 4.85. The summed E-state index contributed by atoms with van der Waals surface area (Å²) in [5, 5.41) is 0. The summed E-state index contributed by atoms with van der Waals surface area (Å²) < 4.78 is 50.9. The van der Waals surface area contributed by atoms with Crippen molar-refractivity contribution in [3.05, 3.63) is 76.5 Å². The van der Waals surface area contributed by atoms with E-state index >= 15 is 0 Å². The van der Waals surface area contributed by atoms with Crippen LogP contribution in [0.1, 0.15) is 31.9 Å². The van der Waals surface area contributed by atoms with Gasteiger partial charge < -0.3 is 9.47 Å². The molecule has 3 rings (SSSR count). The first kappa shape index (κ1) is 23.1. The lowest BCUT2D eigenvalue weighted by Gasteiger charge is -2.18. The van der Waals surface area contributed by atoms with Gasteiger partial charge in [-0.15, -0.1) is 0 Å². The number of nitrogens with zero attached hydrogens (tertiary/aromatic N) is 1. The lowest BCUT2D eigenvalue weighted by molar-refractivity contribution is -0.138. The Morgan fingerprint density at radius 2 is 1.69 bits per heavy atom. The van der Waals surface area contributed by atoms with Crippen LogP contribution in [0.5, 0.6) is 5.75 Å². The van der Waals surface area contributed by atoms with Crippen LogP contribution in [-0.4, -0.2) is 25.1 Å². The Kier molecular flexibility index (Phi) is 6.72. The molecule has 0 spiro atoms. The fourth-order valence-corrected chi connectivity index (χ4v) is 3.49. The van der Waals surface area contributed by atoms with E-state index in [0.29, 0.717) is 18.0 Å². The van der Waals surface area contributed by atoms with E-state index in [1.54, 1.807) is 38.1 Å². The van der Waals surface area contributed by atoms with Crippen molar-refractivity contribution >= 4 is 23.6 Å². The number of hydrogen-bond acceptors (Lipinski definition) is 4. The van der Waals surface area contributed by atoms with Crippen LogP contribution in [-0.2, 0) is 20.5 Å². The van der Waals surface area contributed by atoms with E-state index in [0.717, 1.165) is 12.1 Å². The molecular weight excluding hydrogens is 423 g/mol. The first-order valence-electron chi connectivity index (χ1n) is 10.0. The number of carbonyl (C=O) groups excluding carboxylic acids is 2. The number of amides is 1. The minimum atomic E-state index is -4.62. The van der Waals surface area contributed by atoms with Crippen molar-refractivity contribution in [2.75, 3.05) is 18.1 Å². The van der Waals surface area contributed by atoms with E-state index in [1.165, 1.54) is 23.1 Å². The number of anilines is 1. The van der Waals surface area contributed by atoms with Crippen LogP contribution in [0.15, 0.2) is 65.4 Å². The molecule has 0 aromatic heterocycles. The third kappa shape index (κ3) is 4.54. The zero-order chi connectivity index (χ0) is 23.5. The summed E-state index contributed by atoms with van der Waals surface area (Å²) in [4.78, 5) is 27.2. The molecule has 0 radical (unpaired) electrons. The molecule has 2 aromatic carbocycles. The predicted molar refractivity (Wildman–Crippen MR) is 114 cm³/mol. The molecule has 1 aliphatic rings. The number of alkyl halides is 3. The van der Waals surface area contributed by atoms with Crippen molar-refractivity contribution < 1.29 is 32.2 Å². The molecule has 5 nitrogen and oxygen atoms in total. The second-order valence-electron chi connectivity index (χ2n) is 6.89. The highest BCUT2D eigenvalue weighted by Gasteiger charge is 2.39. The van der Waals surface area contributed by atoms with Crippen LogP contribution in [0.3, 0.4) is 0 Å². The van der Waals surface area contributed by atoms with Gasteiger partial charge >= 0.3 is 12.1 Å². The first-order chi connectivity index (χ1) is 15.2. The second kappa shape index (κ2) is 9.30. The molecule has 1 heterocycles. The Morgan fingerprint density at radius 1 is 1.03 bits per heavy atom. The van der Waals surface area contributed by atoms with Crippen molar-refractivity contribution in [2.24, 2.45) is 0 Å². The molecule has 168 valence electrons. The number of rotatable bonds is 6. The van der Waals surface area contributed by atoms with E-state index in [1.807, 2.05) is 6.92 Å². The van der Waals surface area contributed by atoms with Gasteiger partial charge in [-0.25, -0.2) is 4.79 Å². The summed E-state index contributed by atoms with van der Waals surface area (Å²) in [6.45, 7) is 5.53. The van der Waals surface area contributed by atoms with Crippen molar-refractivity contribution in [3.63, 3.8) is 0 Å².